The fraction of sp³-hybridized carbons (Fsp3) is 0.647. The van der Waals surface area contributed by atoms with Gasteiger partial charge in [-0.25, -0.2) is 0 Å². The van der Waals surface area contributed by atoms with E-state index in [1.165, 1.54) is 25.5 Å². The number of aliphatic hydroxyl groups excluding tert-OH is 1. The first-order valence-electron chi connectivity index (χ1n) is 8.32. The number of ether oxygens (including phenoxy) is 2. The minimum atomic E-state index is -0.256. The van der Waals surface area contributed by atoms with Gasteiger partial charge in [-0.05, 0) is 42.9 Å². The maximum atomic E-state index is 12.4. The number of amides is 1. The quantitative estimate of drug-likeness (QED) is 0.825. The van der Waals surface area contributed by atoms with E-state index in [0.717, 1.165) is 13.0 Å². The highest BCUT2D eigenvalue weighted by atomic mass is 16.5. The van der Waals surface area contributed by atoms with Gasteiger partial charge in [0.15, 0.2) is 0 Å². The molecule has 1 amide bonds. The number of aliphatic hydroxyl groups is 1. The molecule has 1 aliphatic heterocycles. The van der Waals surface area contributed by atoms with Crippen molar-refractivity contribution >= 4 is 5.91 Å². The van der Waals surface area contributed by atoms with Gasteiger partial charge >= 0.3 is 0 Å². The van der Waals surface area contributed by atoms with Crippen LogP contribution in [0.1, 0.15) is 41.7 Å². The van der Waals surface area contributed by atoms with Crippen molar-refractivity contribution in [2.45, 2.75) is 44.4 Å². The van der Waals surface area contributed by atoms with Gasteiger partial charge in [-0.15, -0.1) is 0 Å². The molecule has 3 rings (SSSR count). The van der Waals surface area contributed by atoms with Crippen LogP contribution in [-0.4, -0.2) is 48.0 Å². The van der Waals surface area contributed by atoms with E-state index < -0.39 is 0 Å². The van der Waals surface area contributed by atoms with E-state index in [4.69, 9.17) is 14.6 Å². The Bertz CT molecular complexity index is 533. The zero-order valence-electron chi connectivity index (χ0n) is 13.2. The third-order valence-corrected chi connectivity index (χ3v) is 4.62. The van der Waals surface area contributed by atoms with Crippen LogP contribution in [0.5, 0.6) is 0 Å². The van der Waals surface area contributed by atoms with Crippen molar-refractivity contribution < 1.29 is 19.4 Å². The molecule has 126 valence electrons. The Morgan fingerprint density at radius 2 is 2.30 bits per heavy atom. The first kappa shape index (κ1) is 16.4. The van der Waals surface area contributed by atoms with Crippen LogP contribution >= 0.6 is 0 Å². The molecule has 0 bridgehead atoms. The van der Waals surface area contributed by atoms with Gasteiger partial charge in [0.05, 0.1) is 25.4 Å². The molecule has 1 aromatic rings. The molecular weight excluding hydrogens is 296 g/mol. The van der Waals surface area contributed by atoms with Gasteiger partial charge in [0.2, 0.25) is 0 Å². The van der Waals surface area contributed by atoms with E-state index in [2.05, 4.69) is 10.3 Å². The highest BCUT2D eigenvalue weighted by molar-refractivity contribution is 5.92. The number of hydrogen-bond donors (Lipinski definition) is 2. The molecule has 23 heavy (non-hydrogen) atoms. The number of nitrogens with one attached hydrogen (secondary N) is 1. The van der Waals surface area contributed by atoms with Gasteiger partial charge in [0, 0.05) is 19.4 Å². The molecule has 2 N–H and O–H groups in total. The predicted molar refractivity (Wildman–Crippen MR) is 83.9 cm³/mol. The molecule has 1 aromatic heterocycles. The summed E-state index contributed by atoms with van der Waals surface area (Å²) >= 11 is 0. The molecule has 6 heteroatoms. The van der Waals surface area contributed by atoms with Gasteiger partial charge < -0.3 is 19.9 Å². The topological polar surface area (TPSA) is 80.7 Å². The van der Waals surface area contributed by atoms with E-state index in [0.29, 0.717) is 30.4 Å². The Hall–Kier alpha value is -1.50. The Morgan fingerprint density at radius 1 is 1.43 bits per heavy atom. The zero-order chi connectivity index (χ0) is 16.1. The van der Waals surface area contributed by atoms with E-state index >= 15 is 0 Å². The summed E-state index contributed by atoms with van der Waals surface area (Å²) in [7, 11) is 0. The largest absolute Gasteiger partial charge is 0.392 e. The number of aromatic nitrogens is 1. The summed E-state index contributed by atoms with van der Waals surface area (Å²) in [4.78, 5) is 16.4. The zero-order valence-corrected chi connectivity index (χ0v) is 13.2. The summed E-state index contributed by atoms with van der Waals surface area (Å²) in [5, 5.41) is 12.1. The van der Waals surface area contributed by atoms with Crippen LogP contribution in [0.15, 0.2) is 18.3 Å². The summed E-state index contributed by atoms with van der Waals surface area (Å²) in [6.07, 6.45) is 6.12. The van der Waals surface area contributed by atoms with Gasteiger partial charge in [0.1, 0.15) is 5.69 Å². The minimum Gasteiger partial charge on any atom is -0.392 e. The fourth-order valence-corrected chi connectivity index (χ4v) is 2.91. The maximum absolute atomic E-state index is 12.4. The van der Waals surface area contributed by atoms with Crippen LogP contribution in [0.25, 0.3) is 0 Å². The smallest absolute Gasteiger partial charge is 0.270 e. The highest BCUT2D eigenvalue weighted by Crippen LogP contribution is 2.27. The van der Waals surface area contributed by atoms with E-state index in [9.17, 15) is 4.79 Å². The average molecular weight is 320 g/mol. The van der Waals surface area contributed by atoms with Crippen LogP contribution in [0.4, 0.5) is 0 Å². The number of nitrogens with zero attached hydrogens (tertiary/aromatic N) is 1. The lowest BCUT2D eigenvalue weighted by Gasteiger charge is -2.34. The van der Waals surface area contributed by atoms with Crippen LogP contribution in [-0.2, 0) is 16.1 Å². The number of pyridine rings is 1. The third-order valence-electron chi connectivity index (χ3n) is 4.62. The Balaban J connectivity index is 1.57. The number of carbonyl (C=O) groups is 1. The summed E-state index contributed by atoms with van der Waals surface area (Å²) in [6, 6.07) is 3.13. The molecule has 0 spiro atoms. The van der Waals surface area contributed by atoms with Gasteiger partial charge in [-0.2, -0.15) is 0 Å². The molecule has 6 nitrogen and oxygen atoms in total. The summed E-state index contributed by atoms with van der Waals surface area (Å²) < 4.78 is 11.5. The average Bonchev–Trinajstić information content (AvgIpc) is 2.55. The molecule has 1 saturated heterocycles. The van der Waals surface area contributed by atoms with E-state index in [1.54, 1.807) is 12.1 Å². The second-order valence-electron chi connectivity index (χ2n) is 6.32. The first-order valence-corrected chi connectivity index (χ1v) is 8.32. The molecule has 2 atom stereocenters. The lowest BCUT2D eigenvalue weighted by molar-refractivity contribution is -0.0697. The molecule has 1 saturated carbocycles. The standard InChI is InChI=1S/C17H24N2O4/c20-9-13-4-6-18-14(8-13)17(21)19-15-11-22-7-5-16(15)23-10-12-2-1-3-12/h4,6,8,12,15-16,20H,1-3,5,7,9-11H2,(H,19,21)/t15-,16+/m1/s1. The number of hydrogen-bond acceptors (Lipinski definition) is 5. The lowest BCUT2D eigenvalue weighted by atomic mass is 9.86. The Kier molecular flexibility index (Phi) is 5.59. The normalized spacial score (nSPS) is 24.9. The fourth-order valence-electron chi connectivity index (χ4n) is 2.91. The second-order valence-corrected chi connectivity index (χ2v) is 6.32. The predicted octanol–water partition coefficient (Wildman–Crippen LogP) is 1.28. The number of rotatable bonds is 6. The van der Waals surface area contributed by atoms with Gasteiger partial charge in [-0.3, -0.25) is 9.78 Å². The third kappa shape index (κ3) is 4.28. The van der Waals surface area contributed by atoms with Crippen molar-refractivity contribution in [1.82, 2.24) is 10.3 Å². The highest BCUT2D eigenvalue weighted by Gasteiger charge is 2.30. The van der Waals surface area contributed by atoms with Crippen LogP contribution in [0.3, 0.4) is 0 Å². The van der Waals surface area contributed by atoms with E-state index in [1.807, 2.05) is 0 Å². The second kappa shape index (κ2) is 7.86. The van der Waals surface area contributed by atoms with Crippen molar-refractivity contribution in [3.63, 3.8) is 0 Å². The van der Waals surface area contributed by atoms with Crippen LogP contribution in [0.2, 0.25) is 0 Å². The Morgan fingerprint density at radius 3 is 3.04 bits per heavy atom. The molecular formula is C17H24N2O4. The molecule has 0 unspecified atom stereocenters. The minimum absolute atomic E-state index is 0.00526. The molecule has 2 fully saturated rings. The molecule has 0 aromatic carbocycles. The Labute approximate surface area is 136 Å². The van der Waals surface area contributed by atoms with Crippen molar-refractivity contribution in [2.24, 2.45) is 5.92 Å². The van der Waals surface area contributed by atoms with Crippen molar-refractivity contribution in [3.05, 3.63) is 29.6 Å². The van der Waals surface area contributed by atoms with Gasteiger partial charge in [0.25, 0.3) is 5.91 Å². The maximum Gasteiger partial charge on any atom is 0.270 e. The van der Waals surface area contributed by atoms with E-state index in [-0.39, 0.29) is 24.7 Å². The monoisotopic (exact) mass is 320 g/mol. The summed E-state index contributed by atoms with van der Waals surface area (Å²) in [5.41, 5.74) is 0.975. The summed E-state index contributed by atoms with van der Waals surface area (Å²) in [5.74, 6) is 0.421. The van der Waals surface area contributed by atoms with Gasteiger partial charge in [-0.1, -0.05) is 6.42 Å². The number of carbonyl (C=O) groups excluding carboxylic acids is 1. The van der Waals surface area contributed by atoms with Crippen molar-refractivity contribution in [1.29, 1.82) is 0 Å². The SMILES string of the molecule is O=C(N[C@@H]1COCC[C@@H]1OCC1CCC1)c1cc(CO)ccn1. The summed E-state index contributed by atoms with van der Waals surface area (Å²) in [6.45, 7) is 1.79. The van der Waals surface area contributed by atoms with Crippen molar-refractivity contribution in [3.8, 4) is 0 Å². The van der Waals surface area contributed by atoms with Crippen LogP contribution in [0, 0.1) is 5.92 Å². The lowest BCUT2D eigenvalue weighted by Crippen LogP contribution is -2.51. The molecule has 2 heterocycles. The first-order chi connectivity index (χ1) is 11.3. The van der Waals surface area contributed by atoms with Crippen molar-refractivity contribution in [2.75, 3.05) is 19.8 Å². The molecule has 1 aliphatic carbocycles. The van der Waals surface area contributed by atoms with Crippen LogP contribution < -0.4 is 5.32 Å². The molecule has 2 aliphatic rings. The molecule has 0 radical (unpaired) electrons.